The Bertz CT molecular complexity index is 739. The van der Waals surface area contributed by atoms with Crippen molar-refractivity contribution in [3.8, 4) is 5.75 Å². The maximum atomic E-state index is 12.6. The molecule has 0 heterocycles. The molecular formula is C17H14F3NO3. The number of ether oxygens (including phenoxy) is 1. The molecule has 0 atom stereocenters. The van der Waals surface area contributed by atoms with Gasteiger partial charge in [-0.05, 0) is 49.4 Å². The van der Waals surface area contributed by atoms with Crippen molar-refractivity contribution in [3.05, 3.63) is 59.7 Å². The third kappa shape index (κ3) is 4.84. The van der Waals surface area contributed by atoms with E-state index in [4.69, 9.17) is 4.74 Å². The van der Waals surface area contributed by atoms with E-state index in [0.717, 1.165) is 12.1 Å². The second kappa shape index (κ2) is 7.16. The van der Waals surface area contributed by atoms with Crippen LogP contribution >= 0.6 is 0 Å². The van der Waals surface area contributed by atoms with Crippen LogP contribution in [0.2, 0.25) is 0 Å². The predicted molar refractivity (Wildman–Crippen MR) is 82.0 cm³/mol. The summed E-state index contributed by atoms with van der Waals surface area (Å²) in [5, 5.41) is 2.34. The van der Waals surface area contributed by atoms with Crippen LogP contribution in [-0.4, -0.2) is 18.3 Å². The molecule has 1 amide bonds. The lowest BCUT2D eigenvalue weighted by atomic mass is 10.1. The third-order valence-corrected chi connectivity index (χ3v) is 3.10. The number of rotatable bonds is 5. The lowest BCUT2D eigenvalue weighted by molar-refractivity contribution is -0.137. The Morgan fingerprint density at radius 3 is 2.33 bits per heavy atom. The van der Waals surface area contributed by atoms with Crippen LogP contribution in [0.25, 0.3) is 0 Å². The van der Waals surface area contributed by atoms with Crippen molar-refractivity contribution in [2.45, 2.75) is 13.1 Å². The molecule has 2 rings (SSSR count). The quantitative estimate of drug-likeness (QED) is 0.841. The van der Waals surface area contributed by atoms with E-state index in [9.17, 15) is 22.8 Å². The highest BCUT2D eigenvalue weighted by Gasteiger charge is 2.30. The molecule has 1 N–H and O–H groups in total. The van der Waals surface area contributed by atoms with E-state index in [2.05, 4.69) is 5.32 Å². The summed E-state index contributed by atoms with van der Waals surface area (Å²) in [7, 11) is 0. The lowest BCUT2D eigenvalue weighted by Crippen LogP contribution is -2.20. The second-order valence-corrected chi connectivity index (χ2v) is 5.00. The normalized spacial score (nSPS) is 11.0. The average molecular weight is 337 g/mol. The molecule has 0 spiro atoms. The molecule has 0 saturated heterocycles. The molecule has 0 aliphatic carbocycles. The molecule has 0 radical (unpaired) electrons. The summed E-state index contributed by atoms with van der Waals surface area (Å²) in [4.78, 5) is 22.9. The molecule has 0 aromatic heterocycles. The molecule has 2 aromatic carbocycles. The minimum absolute atomic E-state index is 0.0327. The van der Waals surface area contributed by atoms with Gasteiger partial charge in [-0.1, -0.05) is 6.07 Å². The van der Waals surface area contributed by atoms with E-state index in [1.165, 1.54) is 31.2 Å². The number of amides is 1. The van der Waals surface area contributed by atoms with Gasteiger partial charge in [-0.3, -0.25) is 9.59 Å². The lowest BCUT2D eigenvalue weighted by Gasteiger charge is -2.10. The van der Waals surface area contributed by atoms with Crippen molar-refractivity contribution >= 4 is 17.4 Å². The number of benzene rings is 2. The zero-order chi connectivity index (χ0) is 17.7. The first kappa shape index (κ1) is 17.5. The van der Waals surface area contributed by atoms with E-state index >= 15 is 0 Å². The van der Waals surface area contributed by atoms with Gasteiger partial charge in [0.05, 0.1) is 5.56 Å². The highest BCUT2D eigenvalue weighted by atomic mass is 19.4. The number of ketones is 1. The van der Waals surface area contributed by atoms with Crippen LogP contribution < -0.4 is 10.1 Å². The van der Waals surface area contributed by atoms with Crippen LogP contribution in [0.1, 0.15) is 22.8 Å². The van der Waals surface area contributed by atoms with Gasteiger partial charge in [0.1, 0.15) is 5.75 Å². The van der Waals surface area contributed by atoms with Crippen LogP contribution in [0.5, 0.6) is 5.75 Å². The molecule has 0 bridgehead atoms. The summed E-state index contributed by atoms with van der Waals surface area (Å²) in [5.74, 6) is -0.312. The Labute approximate surface area is 136 Å². The first-order valence-corrected chi connectivity index (χ1v) is 6.96. The standard InChI is InChI=1S/C17H14F3NO3/c1-11(22)12-5-7-15(8-6-12)24-10-16(23)21-14-4-2-3-13(9-14)17(18,19)20/h2-9H,10H2,1H3,(H,21,23). The van der Waals surface area contributed by atoms with Gasteiger partial charge in [-0.25, -0.2) is 0 Å². The summed E-state index contributed by atoms with van der Waals surface area (Å²) < 4.78 is 43.0. The van der Waals surface area contributed by atoms with Crippen LogP contribution in [0.3, 0.4) is 0 Å². The Balaban J connectivity index is 1.93. The zero-order valence-electron chi connectivity index (χ0n) is 12.7. The van der Waals surface area contributed by atoms with Crippen molar-refractivity contribution in [1.29, 1.82) is 0 Å². The van der Waals surface area contributed by atoms with E-state index in [-0.39, 0.29) is 18.1 Å². The molecule has 0 saturated carbocycles. The molecular weight excluding hydrogens is 323 g/mol. The second-order valence-electron chi connectivity index (χ2n) is 5.00. The first-order chi connectivity index (χ1) is 11.3. The maximum Gasteiger partial charge on any atom is 0.416 e. The summed E-state index contributed by atoms with van der Waals surface area (Å²) in [5.41, 5.74) is -0.304. The molecule has 4 nitrogen and oxygen atoms in total. The monoisotopic (exact) mass is 337 g/mol. The SMILES string of the molecule is CC(=O)c1ccc(OCC(=O)Nc2cccc(C(F)(F)F)c2)cc1. The number of halogens is 3. The van der Waals surface area contributed by atoms with Gasteiger partial charge in [0.2, 0.25) is 0 Å². The zero-order valence-corrected chi connectivity index (χ0v) is 12.7. The van der Waals surface area contributed by atoms with Gasteiger partial charge in [-0.15, -0.1) is 0 Å². The molecule has 0 unspecified atom stereocenters. The van der Waals surface area contributed by atoms with Crippen molar-refractivity contribution in [2.24, 2.45) is 0 Å². The van der Waals surface area contributed by atoms with Crippen molar-refractivity contribution < 1.29 is 27.5 Å². The average Bonchev–Trinajstić information content (AvgIpc) is 2.53. The molecule has 126 valence electrons. The topological polar surface area (TPSA) is 55.4 Å². The van der Waals surface area contributed by atoms with Gasteiger partial charge in [0.15, 0.2) is 12.4 Å². The van der Waals surface area contributed by atoms with Gasteiger partial charge in [0, 0.05) is 11.3 Å². The first-order valence-electron chi connectivity index (χ1n) is 6.96. The van der Waals surface area contributed by atoms with E-state index in [0.29, 0.717) is 11.3 Å². The predicted octanol–water partition coefficient (Wildman–Crippen LogP) is 3.93. The fourth-order valence-electron chi connectivity index (χ4n) is 1.91. The number of anilines is 1. The van der Waals surface area contributed by atoms with Crippen LogP contribution in [0.4, 0.5) is 18.9 Å². The number of carbonyl (C=O) groups excluding carboxylic acids is 2. The van der Waals surface area contributed by atoms with Gasteiger partial charge >= 0.3 is 6.18 Å². The number of hydrogen-bond acceptors (Lipinski definition) is 3. The van der Waals surface area contributed by atoms with Crippen molar-refractivity contribution in [2.75, 3.05) is 11.9 Å². The van der Waals surface area contributed by atoms with Crippen LogP contribution in [0.15, 0.2) is 48.5 Å². The number of carbonyl (C=O) groups is 2. The summed E-state index contributed by atoms with van der Waals surface area (Å²) in [6.45, 7) is 1.06. The molecule has 0 aliphatic heterocycles. The van der Waals surface area contributed by atoms with Crippen LogP contribution in [0, 0.1) is 0 Å². The highest BCUT2D eigenvalue weighted by molar-refractivity contribution is 5.94. The van der Waals surface area contributed by atoms with E-state index in [1.807, 2.05) is 0 Å². The number of Topliss-reactive ketones (excluding diaryl/α,β-unsaturated/α-hetero) is 1. The fraction of sp³-hybridized carbons (Fsp3) is 0.176. The van der Waals surface area contributed by atoms with E-state index in [1.54, 1.807) is 12.1 Å². The minimum Gasteiger partial charge on any atom is -0.484 e. The van der Waals surface area contributed by atoms with Crippen molar-refractivity contribution in [1.82, 2.24) is 0 Å². The van der Waals surface area contributed by atoms with Gasteiger partial charge in [0.25, 0.3) is 5.91 Å². The van der Waals surface area contributed by atoms with Crippen LogP contribution in [-0.2, 0) is 11.0 Å². The van der Waals surface area contributed by atoms with E-state index < -0.39 is 17.6 Å². The van der Waals surface area contributed by atoms with Gasteiger partial charge in [-0.2, -0.15) is 13.2 Å². The molecule has 0 fully saturated rings. The Hall–Kier alpha value is -2.83. The Morgan fingerprint density at radius 1 is 1.08 bits per heavy atom. The summed E-state index contributed by atoms with van der Waals surface area (Å²) >= 11 is 0. The summed E-state index contributed by atoms with van der Waals surface area (Å²) in [6, 6.07) is 10.5. The molecule has 7 heteroatoms. The Kier molecular flexibility index (Phi) is 5.23. The number of alkyl halides is 3. The molecule has 2 aromatic rings. The van der Waals surface area contributed by atoms with Gasteiger partial charge < -0.3 is 10.1 Å². The van der Waals surface area contributed by atoms with Crippen molar-refractivity contribution in [3.63, 3.8) is 0 Å². The molecule has 24 heavy (non-hydrogen) atoms. The minimum atomic E-state index is -4.48. The Morgan fingerprint density at radius 2 is 1.75 bits per heavy atom. The third-order valence-electron chi connectivity index (χ3n) is 3.10. The highest BCUT2D eigenvalue weighted by Crippen LogP contribution is 2.30. The fourth-order valence-corrected chi connectivity index (χ4v) is 1.91. The number of hydrogen-bond donors (Lipinski definition) is 1. The smallest absolute Gasteiger partial charge is 0.416 e. The maximum absolute atomic E-state index is 12.6. The largest absolute Gasteiger partial charge is 0.484 e. The molecule has 0 aliphatic rings. The number of nitrogens with one attached hydrogen (secondary N) is 1. The summed E-state index contributed by atoms with van der Waals surface area (Å²) in [6.07, 6.45) is -4.48.